The second-order valence-corrected chi connectivity index (χ2v) is 12.3. The van der Waals surface area contributed by atoms with Gasteiger partial charge in [-0.25, -0.2) is 22.7 Å². The van der Waals surface area contributed by atoms with Gasteiger partial charge in [0.1, 0.15) is 33.3 Å². The third-order valence-corrected chi connectivity index (χ3v) is 8.24. The Bertz CT molecular complexity index is 1380. The molecule has 2 heterocycles. The highest BCUT2D eigenvalue weighted by molar-refractivity contribution is 7.89. The molecule has 0 bridgehead atoms. The van der Waals surface area contributed by atoms with Crippen LogP contribution in [0.25, 0.3) is 0 Å². The molecule has 0 amide bonds. The van der Waals surface area contributed by atoms with E-state index < -0.39 is 10.0 Å². The number of hydrogen-bond donors (Lipinski definition) is 1. The standard InChI is InChI=1S/C27H34ClN5O4S/c1-18(2)36-24-15-20(37-21-12-13-33(5)17-21)11-10-19(24)14-26-29-16-22(28)27(31-26)30-23-8-6-7-9-25(23)38(34,35)32(3)4/h6-11,15-16,18,21H,12-14,17H2,1-5H3,(H,29,30,31)/t21-/m1/s1. The smallest absolute Gasteiger partial charge is 0.244 e. The summed E-state index contributed by atoms with van der Waals surface area (Å²) in [6.07, 6.45) is 3.02. The normalized spacial score (nSPS) is 16.3. The molecule has 0 aliphatic carbocycles. The fourth-order valence-corrected chi connectivity index (χ4v) is 5.35. The van der Waals surface area contributed by atoms with Gasteiger partial charge in [-0.2, -0.15) is 0 Å². The van der Waals surface area contributed by atoms with Gasteiger partial charge in [0.25, 0.3) is 0 Å². The van der Waals surface area contributed by atoms with E-state index in [-0.39, 0.29) is 22.1 Å². The molecule has 0 saturated carbocycles. The maximum absolute atomic E-state index is 12.8. The van der Waals surface area contributed by atoms with Crippen LogP contribution in [0.4, 0.5) is 11.5 Å². The SMILES string of the molecule is CC(C)Oc1cc(O[C@@H]2CCN(C)C2)ccc1Cc1ncc(Cl)c(Nc2ccccc2S(=O)(=O)N(C)C)n1. The Morgan fingerprint density at radius 3 is 2.66 bits per heavy atom. The molecule has 1 aliphatic heterocycles. The molecule has 1 fully saturated rings. The maximum Gasteiger partial charge on any atom is 0.244 e. The molecule has 1 N–H and O–H groups in total. The lowest BCUT2D eigenvalue weighted by Gasteiger charge is -2.19. The second kappa shape index (κ2) is 11.9. The molecule has 2 aromatic carbocycles. The predicted octanol–water partition coefficient (Wildman–Crippen LogP) is 4.58. The summed E-state index contributed by atoms with van der Waals surface area (Å²) in [5.74, 6) is 2.29. The summed E-state index contributed by atoms with van der Waals surface area (Å²) in [6, 6.07) is 12.5. The van der Waals surface area contributed by atoms with Crippen LogP contribution < -0.4 is 14.8 Å². The number of nitrogens with zero attached hydrogens (tertiary/aromatic N) is 4. The molecule has 9 nitrogen and oxygen atoms in total. The van der Waals surface area contributed by atoms with Gasteiger partial charge in [0, 0.05) is 45.2 Å². The summed E-state index contributed by atoms with van der Waals surface area (Å²) in [5.41, 5.74) is 1.27. The average molecular weight is 560 g/mol. The lowest BCUT2D eigenvalue weighted by atomic mass is 10.1. The zero-order chi connectivity index (χ0) is 27.4. The summed E-state index contributed by atoms with van der Waals surface area (Å²) >= 11 is 6.40. The predicted molar refractivity (Wildman–Crippen MR) is 149 cm³/mol. The zero-order valence-corrected chi connectivity index (χ0v) is 23.9. The van der Waals surface area contributed by atoms with Crippen LogP contribution in [0.15, 0.2) is 53.6 Å². The third-order valence-electron chi connectivity index (χ3n) is 6.09. The number of hydrogen-bond acceptors (Lipinski definition) is 8. The molecule has 1 saturated heterocycles. The van der Waals surface area contributed by atoms with Gasteiger partial charge >= 0.3 is 0 Å². The van der Waals surface area contributed by atoms with Crippen LogP contribution >= 0.6 is 11.6 Å². The molecule has 1 aromatic heterocycles. The molecular weight excluding hydrogens is 526 g/mol. The first kappa shape index (κ1) is 28.1. The molecule has 4 rings (SSSR count). The van der Waals surface area contributed by atoms with Crippen LogP contribution in [-0.2, 0) is 16.4 Å². The molecule has 0 unspecified atom stereocenters. The lowest BCUT2D eigenvalue weighted by Crippen LogP contribution is -2.23. The minimum atomic E-state index is -3.68. The number of ether oxygens (including phenoxy) is 2. The van der Waals surface area contributed by atoms with Crippen molar-refractivity contribution in [3.8, 4) is 11.5 Å². The summed E-state index contributed by atoms with van der Waals surface area (Å²) in [4.78, 5) is 11.4. The number of anilines is 2. The largest absolute Gasteiger partial charge is 0.491 e. The molecule has 3 aromatic rings. The van der Waals surface area contributed by atoms with Crippen molar-refractivity contribution in [3.05, 3.63) is 65.1 Å². The summed E-state index contributed by atoms with van der Waals surface area (Å²) < 4.78 is 39.1. The molecule has 204 valence electrons. The van der Waals surface area contributed by atoms with Crippen molar-refractivity contribution in [1.29, 1.82) is 0 Å². The number of sulfonamides is 1. The van der Waals surface area contributed by atoms with Crippen LogP contribution in [0.5, 0.6) is 11.5 Å². The molecule has 0 radical (unpaired) electrons. The Kier molecular flexibility index (Phi) is 8.77. The van der Waals surface area contributed by atoms with Gasteiger partial charge in [0.15, 0.2) is 5.82 Å². The molecule has 1 atom stereocenters. The number of para-hydroxylation sites is 1. The first-order valence-electron chi connectivity index (χ1n) is 12.5. The van der Waals surface area contributed by atoms with Crippen molar-refractivity contribution in [2.24, 2.45) is 0 Å². The topological polar surface area (TPSA) is 96.9 Å². The van der Waals surface area contributed by atoms with Gasteiger partial charge in [-0.15, -0.1) is 0 Å². The Morgan fingerprint density at radius 2 is 1.97 bits per heavy atom. The minimum Gasteiger partial charge on any atom is -0.491 e. The van der Waals surface area contributed by atoms with Gasteiger partial charge in [0.05, 0.1) is 18.0 Å². The van der Waals surface area contributed by atoms with E-state index in [1.165, 1.54) is 26.4 Å². The average Bonchev–Trinajstić information content (AvgIpc) is 3.27. The summed E-state index contributed by atoms with van der Waals surface area (Å²) in [5, 5.41) is 3.36. The van der Waals surface area contributed by atoms with Gasteiger partial charge in [-0.05, 0) is 45.5 Å². The van der Waals surface area contributed by atoms with Gasteiger partial charge in [-0.3, -0.25) is 0 Å². The highest BCUT2D eigenvalue weighted by Gasteiger charge is 2.23. The van der Waals surface area contributed by atoms with E-state index in [9.17, 15) is 8.42 Å². The quantitative estimate of drug-likeness (QED) is 0.385. The fraction of sp³-hybridized carbons (Fsp3) is 0.407. The first-order valence-corrected chi connectivity index (χ1v) is 14.3. The summed E-state index contributed by atoms with van der Waals surface area (Å²) in [7, 11) is 1.39. The third kappa shape index (κ3) is 6.74. The minimum absolute atomic E-state index is 0.0277. The van der Waals surface area contributed by atoms with Crippen LogP contribution in [0.3, 0.4) is 0 Å². The van der Waals surface area contributed by atoms with Crippen molar-refractivity contribution < 1.29 is 17.9 Å². The van der Waals surface area contributed by atoms with Crippen molar-refractivity contribution in [2.45, 2.75) is 43.8 Å². The van der Waals surface area contributed by atoms with Crippen LogP contribution in [0.1, 0.15) is 31.7 Å². The first-order chi connectivity index (χ1) is 18.0. The van der Waals surface area contributed by atoms with E-state index in [2.05, 4.69) is 27.2 Å². The van der Waals surface area contributed by atoms with Crippen LogP contribution in [0.2, 0.25) is 5.02 Å². The van der Waals surface area contributed by atoms with Gasteiger partial charge in [-0.1, -0.05) is 29.8 Å². The molecule has 11 heteroatoms. The van der Waals surface area contributed by atoms with Crippen molar-refractivity contribution in [2.75, 3.05) is 39.5 Å². The fourth-order valence-electron chi connectivity index (χ4n) is 4.17. The maximum atomic E-state index is 12.8. The monoisotopic (exact) mass is 559 g/mol. The molecule has 38 heavy (non-hydrogen) atoms. The summed E-state index contributed by atoms with van der Waals surface area (Å²) in [6.45, 7) is 5.87. The number of likely N-dealkylation sites (tertiary alicyclic amines) is 1. The number of rotatable bonds is 10. The Morgan fingerprint density at radius 1 is 1.21 bits per heavy atom. The molecule has 0 spiro atoms. The van der Waals surface area contributed by atoms with E-state index in [1.807, 2.05) is 32.0 Å². The van der Waals surface area contributed by atoms with Crippen molar-refractivity contribution >= 4 is 33.1 Å². The Labute approximate surface area is 229 Å². The van der Waals surface area contributed by atoms with E-state index in [1.54, 1.807) is 18.2 Å². The van der Waals surface area contributed by atoms with E-state index >= 15 is 0 Å². The number of aromatic nitrogens is 2. The van der Waals surface area contributed by atoms with Crippen molar-refractivity contribution in [1.82, 2.24) is 19.2 Å². The zero-order valence-electron chi connectivity index (χ0n) is 22.3. The second-order valence-electron chi connectivity index (χ2n) is 9.80. The van der Waals surface area contributed by atoms with Crippen LogP contribution in [-0.4, -0.2) is 74.0 Å². The number of benzene rings is 2. The number of halogens is 1. The Hall–Kier alpha value is -2.92. The van der Waals surface area contributed by atoms with Gasteiger partial charge < -0.3 is 19.7 Å². The number of nitrogens with one attached hydrogen (secondary N) is 1. The number of likely N-dealkylation sites (N-methyl/N-ethyl adjacent to an activating group) is 1. The molecule has 1 aliphatic rings. The highest BCUT2D eigenvalue weighted by Crippen LogP contribution is 2.31. The van der Waals surface area contributed by atoms with Gasteiger partial charge in [0.2, 0.25) is 10.0 Å². The lowest BCUT2D eigenvalue weighted by molar-refractivity contribution is 0.204. The van der Waals surface area contributed by atoms with E-state index in [0.717, 1.165) is 35.1 Å². The van der Waals surface area contributed by atoms with E-state index in [0.29, 0.717) is 29.5 Å². The van der Waals surface area contributed by atoms with Crippen molar-refractivity contribution in [3.63, 3.8) is 0 Å². The van der Waals surface area contributed by atoms with E-state index in [4.69, 9.17) is 21.1 Å². The van der Waals surface area contributed by atoms with Crippen LogP contribution in [0, 0.1) is 0 Å². The molecular formula is C27H34ClN5O4S. The highest BCUT2D eigenvalue weighted by atomic mass is 35.5. The Balaban J connectivity index is 1.59.